The van der Waals surface area contributed by atoms with Crippen LogP contribution < -0.4 is 0 Å². The zero-order valence-corrected chi connectivity index (χ0v) is 10.5. The Bertz CT molecular complexity index is 345. The maximum Gasteiger partial charge on any atom is 0.155 e. The Morgan fingerprint density at radius 3 is 2.88 bits per heavy atom. The lowest BCUT2D eigenvalue weighted by Gasteiger charge is -2.27. The first-order chi connectivity index (χ1) is 7.75. The van der Waals surface area contributed by atoms with Gasteiger partial charge >= 0.3 is 0 Å². The number of pyridine rings is 1. The lowest BCUT2D eigenvalue weighted by Crippen LogP contribution is -2.38. The van der Waals surface area contributed by atoms with Gasteiger partial charge in [-0.3, -0.25) is 4.90 Å². The van der Waals surface area contributed by atoms with E-state index in [2.05, 4.69) is 25.8 Å². The summed E-state index contributed by atoms with van der Waals surface area (Å²) in [5, 5.41) is 0. The number of alkyl halides is 1. The maximum absolute atomic E-state index is 13.9. The number of halogens is 2. The Hall–Kier alpha value is -0.520. The molecule has 16 heavy (non-hydrogen) atoms. The summed E-state index contributed by atoms with van der Waals surface area (Å²) in [5.41, 5.74) is 0.487. The largest absolute Gasteiger partial charge is 0.379 e. The first-order valence-corrected chi connectivity index (χ1v) is 6.11. The van der Waals surface area contributed by atoms with Gasteiger partial charge in [-0.05, 0) is 28.1 Å². The smallest absolute Gasteiger partial charge is 0.155 e. The van der Waals surface area contributed by atoms with Crippen molar-refractivity contribution in [2.45, 2.75) is 6.17 Å². The van der Waals surface area contributed by atoms with E-state index in [1.54, 1.807) is 18.2 Å². The predicted molar refractivity (Wildman–Crippen MR) is 63.0 cm³/mol. The van der Waals surface area contributed by atoms with Crippen LogP contribution in [0.4, 0.5) is 4.39 Å². The fourth-order valence-corrected chi connectivity index (χ4v) is 2.06. The molecule has 1 aromatic rings. The zero-order chi connectivity index (χ0) is 11.4. The summed E-state index contributed by atoms with van der Waals surface area (Å²) in [5.74, 6) is 0. The Kier molecular flexibility index (Phi) is 4.26. The van der Waals surface area contributed by atoms with Crippen molar-refractivity contribution in [1.82, 2.24) is 9.88 Å². The first kappa shape index (κ1) is 12.0. The maximum atomic E-state index is 13.9. The lowest BCUT2D eigenvalue weighted by atomic mass is 10.2. The molecule has 5 heteroatoms. The van der Waals surface area contributed by atoms with Crippen molar-refractivity contribution in [3.8, 4) is 0 Å². The number of aromatic nitrogens is 1. The third kappa shape index (κ3) is 3.23. The molecule has 0 radical (unpaired) electrons. The molecule has 88 valence electrons. The van der Waals surface area contributed by atoms with Gasteiger partial charge in [0, 0.05) is 19.6 Å². The molecule has 1 unspecified atom stereocenters. The molecule has 1 saturated heterocycles. The average molecular weight is 289 g/mol. The van der Waals surface area contributed by atoms with E-state index in [0.29, 0.717) is 30.1 Å². The normalized spacial score (nSPS) is 19.6. The van der Waals surface area contributed by atoms with Crippen LogP contribution >= 0.6 is 15.9 Å². The molecule has 1 atom stereocenters. The summed E-state index contributed by atoms with van der Waals surface area (Å²) >= 11 is 3.24. The molecular formula is C11H14BrFN2O. The van der Waals surface area contributed by atoms with Crippen molar-refractivity contribution < 1.29 is 9.13 Å². The van der Waals surface area contributed by atoms with Crippen molar-refractivity contribution >= 4 is 15.9 Å². The van der Waals surface area contributed by atoms with Crippen LogP contribution in [-0.2, 0) is 4.74 Å². The Balaban J connectivity index is 1.94. The quantitative estimate of drug-likeness (QED) is 0.798. The lowest BCUT2D eigenvalue weighted by molar-refractivity contribution is 0.0265. The molecule has 0 saturated carbocycles. The molecule has 1 aliphatic rings. The molecule has 0 amide bonds. The van der Waals surface area contributed by atoms with Crippen LogP contribution in [0.2, 0.25) is 0 Å². The zero-order valence-electron chi connectivity index (χ0n) is 8.90. The molecule has 1 aliphatic heterocycles. The highest BCUT2D eigenvalue weighted by Crippen LogP contribution is 2.19. The SMILES string of the molecule is FC(CN1CCOCC1)c1cccc(Br)n1. The van der Waals surface area contributed by atoms with Crippen LogP contribution in [0, 0.1) is 0 Å². The third-order valence-electron chi connectivity index (χ3n) is 2.58. The first-order valence-electron chi connectivity index (χ1n) is 5.32. The minimum atomic E-state index is -1.03. The van der Waals surface area contributed by atoms with Crippen LogP contribution in [0.15, 0.2) is 22.8 Å². The van der Waals surface area contributed by atoms with E-state index < -0.39 is 6.17 Å². The van der Waals surface area contributed by atoms with Crippen molar-refractivity contribution in [1.29, 1.82) is 0 Å². The monoisotopic (exact) mass is 288 g/mol. The number of morpholine rings is 1. The Morgan fingerprint density at radius 1 is 1.44 bits per heavy atom. The summed E-state index contributed by atoms with van der Waals surface area (Å²) < 4.78 is 19.8. The Morgan fingerprint density at radius 2 is 2.19 bits per heavy atom. The van der Waals surface area contributed by atoms with Gasteiger partial charge in [-0.2, -0.15) is 0 Å². The highest BCUT2D eigenvalue weighted by molar-refractivity contribution is 9.10. The van der Waals surface area contributed by atoms with Gasteiger partial charge in [-0.15, -0.1) is 0 Å². The van der Waals surface area contributed by atoms with Crippen LogP contribution in [0.1, 0.15) is 11.9 Å². The van der Waals surface area contributed by atoms with Gasteiger partial charge in [0.05, 0.1) is 18.9 Å². The second-order valence-electron chi connectivity index (χ2n) is 3.77. The topological polar surface area (TPSA) is 25.4 Å². The predicted octanol–water partition coefficient (Wildman–Crippen LogP) is 2.19. The molecule has 1 aromatic heterocycles. The van der Waals surface area contributed by atoms with E-state index in [9.17, 15) is 4.39 Å². The van der Waals surface area contributed by atoms with Gasteiger partial charge in [0.2, 0.25) is 0 Å². The van der Waals surface area contributed by atoms with Gasteiger partial charge < -0.3 is 4.74 Å². The van der Waals surface area contributed by atoms with Crippen LogP contribution in [-0.4, -0.2) is 42.7 Å². The number of hydrogen-bond donors (Lipinski definition) is 0. The van der Waals surface area contributed by atoms with Crippen LogP contribution in [0.3, 0.4) is 0 Å². The van der Waals surface area contributed by atoms with Gasteiger partial charge in [-0.25, -0.2) is 9.37 Å². The standard InChI is InChI=1S/C11H14BrFN2O/c12-11-3-1-2-10(14-11)9(13)8-15-4-6-16-7-5-15/h1-3,9H,4-8H2. The summed E-state index contributed by atoms with van der Waals surface area (Å²) in [4.78, 5) is 6.19. The van der Waals surface area contributed by atoms with E-state index in [4.69, 9.17) is 4.74 Å². The molecule has 3 nitrogen and oxygen atoms in total. The molecule has 0 aromatic carbocycles. The summed E-state index contributed by atoms with van der Waals surface area (Å²) in [6, 6.07) is 5.32. The van der Waals surface area contributed by atoms with Gasteiger partial charge in [-0.1, -0.05) is 6.07 Å². The van der Waals surface area contributed by atoms with Crippen molar-refractivity contribution in [2.24, 2.45) is 0 Å². The van der Waals surface area contributed by atoms with Crippen molar-refractivity contribution in [3.05, 3.63) is 28.5 Å². The molecule has 2 heterocycles. The van der Waals surface area contributed by atoms with E-state index >= 15 is 0 Å². The van der Waals surface area contributed by atoms with Gasteiger partial charge in [0.1, 0.15) is 4.60 Å². The van der Waals surface area contributed by atoms with Gasteiger partial charge in [0.25, 0.3) is 0 Å². The highest BCUT2D eigenvalue weighted by Gasteiger charge is 2.18. The summed E-state index contributed by atoms with van der Waals surface area (Å²) in [6.45, 7) is 3.38. The van der Waals surface area contributed by atoms with E-state index in [1.165, 1.54) is 0 Å². The second kappa shape index (κ2) is 5.70. The fourth-order valence-electron chi connectivity index (χ4n) is 1.70. The van der Waals surface area contributed by atoms with Crippen LogP contribution in [0.25, 0.3) is 0 Å². The van der Waals surface area contributed by atoms with Crippen molar-refractivity contribution in [3.63, 3.8) is 0 Å². The number of nitrogens with zero attached hydrogens (tertiary/aromatic N) is 2. The van der Waals surface area contributed by atoms with Crippen molar-refractivity contribution in [2.75, 3.05) is 32.8 Å². The number of hydrogen-bond acceptors (Lipinski definition) is 3. The molecular weight excluding hydrogens is 275 g/mol. The minimum absolute atomic E-state index is 0.396. The number of rotatable bonds is 3. The molecule has 0 N–H and O–H groups in total. The summed E-state index contributed by atoms with van der Waals surface area (Å²) in [6.07, 6.45) is -1.03. The molecule has 0 spiro atoms. The molecule has 1 fully saturated rings. The minimum Gasteiger partial charge on any atom is -0.379 e. The molecule has 0 bridgehead atoms. The van der Waals surface area contributed by atoms with E-state index in [1.807, 2.05) is 0 Å². The molecule has 0 aliphatic carbocycles. The van der Waals surface area contributed by atoms with E-state index in [0.717, 1.165) is 13.1 Å². The molecule has 2 rings (SSSR count). The van der Waals surface area contributed by atoms with E-state index in [-0.39, 0.29) is 0 Å². The van der Waals surface area contributed by atoms with Gasteiger partial charge in [0.15, 0.2) is 6.17 Å². The third-order valence-corrected chi connectivity index (χ3v) is 3.02. The van der Waals surface area contributed by atoms with Crippen LogP contribution in [0.5, 0.6) is 0 Å². The fraction of sp³-hybridized carbons (Fsp3) is 0.545. The number of ether oxygens (including phenoxy) is 1. The Labute approximate surface area is 103 Å². The average Bonchev–Trinajstić information content (AvgIpc) is 2.30. The second-order valence-corrected chi connectivity index (χ2v) is 4.58. The summed E-state index contributed by atoms with van der Waals surface area (Å²) in [7, 11) is 0. The highest BCUT2D eigenvalue weighted by atomic mass is 79.9.